The maximum Gasteiger partial charge on any atom is 0.257 e. The minimum Gasteiger partial charge on any atom is -0.490 e. The molecule has 0 spiro atoms. The third-order valence-electron chi connectivity index (χ3n) is 4.68. The van der Waals surface area contributed by atoms with Crippen LogP contribution in [0.3, 0.4) is 0 Å². The van der Waals surface area contributed by atoms with Crippen LogP contribution in [0.15, 0.2) is 42.5 Å². The van der Waals surface area contributed by atoms with Crippen LogP contribution in [0.1, 0.15) is 36.2 Å². The molecule has 1 aliphatic heterocycles. The van der Waals surface area contributed by atoms with Gasteiger partial charge in [0.2, 0.25) is 0 Å². The average Bonchev–Trinajstić information content (AvgIpc) is 2.95. The summed E-state index contributed by atoms with van der Waals surface area (Å²) >= 11 is 6.14. The van der Waals surface area contributed by atoms with Gasteiger partial charge >= 0.3 is 0 Å². The van der Waals surface area contributed by atoms with Crippen molar-refractivity contribution in [1.82, 2.24) is 4.90 Å². The predicted molar refractivity (Wildman–Crippen MR) is 111 cm³/mol. The van der Waals surface area contributed by atoms with Crippen molar-refractivity contribution in [2.75, 3.05) is 31.1 Å². The summed E-state index contributed by atoms with van der Waals surface area (Å²) in [5.41, 5.74) is 2.22. The van der Waals surface area contributed by atoms with E-state index in [2.05, 4.69) is 11.0 Å². The summed E-state index contributed by atoms with van der Waals surface area (Å²) in [4.78, 5) is 17.3. The van der Waals surface area contributed by atoms with Crippen molar-refractivity contribution >= 4 is 23.2 Å². The summed E-state index contributed by atoms with van der Waals surface area (Å²) in [5.74, 6) is 0.512. The van der Waals surface area contributed by atoms with E-state index in [1.165, 1.54) is 0 Å². The van der Waals surface area contributed by atoms with Crippen LogP contribution in [0.25, 0.3) is 0 Å². The van der Waals surface area contributed by atoms with Gasteiger partial charge in [0, 0.05) is 36.9 Å². The molecular weight excluding hydrogens is 374 g/mol. The van der Waals surface area contributed by atoms with Gasteiger partial charge in [-0.2, -0.15) is 5.26 Å². The largest absolute Gasteiger partial charge is 0.490 e. The third-order valence-corrected chi connectivity index (χ3v) is 4.91. The normalized spacial score (nSPS) is 14.5. The van der Waals surface area contributed by atoms with E-state index >= 15 is 0 Å². The molecule has 1 aliphatic rings. The van der Waals surface area contributed by atoms with Gasteiger partial charge in [-0.3, -0.25) is 4.79 Å². The molecule has 0 aliphatic carbocycles. The van der Waals surface area contributed by atoms with Gasteiger partial charge in [0.15, 0.2) is 0 Å². The number of anilines is 1. The Kier molecular flexibility index (Phi) is 6.43. The van der Waals surface area contributed by atoms with E-state index in [0.717, 1.165) is 25.2 Å². The van der Waals surface area contributed by atoms with Crippen LogP contribution in [0.5, 0.6) is 5.75 Å². The Labute approximate surface area is 171 Å². The van der Waals surface area contributed by atoms with E-state index < -0.39 is 0 Å². The second kappa shape index (κ2) is 8.99. The second-order valence-electron chi connectivity index (χ2n) is 7.10. The average molecular weight is 398 g/mol. The minimum atomic E-state index is -0.0557. The third kappa shape index (κ3) is 4.76. The first-order valence-electron chi connectivity index (χ1n) is 9.48. The van der Waals surface area contributed by atoms with E-state index in [1.807, 2.05) is 43.0 Å². The van der Waals surface area contributed by atoms with Gasteiger partial charge in [-0.15, -0.1) is 0 Å². The maximum absolute atomic E-state index is 13.2. The summed E-state index contributed by atoms with van der Waals surface area (Å²) < 4.78 is 5.81. The Hall–Kier alpha value is -2.71. The van der Waals surface area contributed by atoms with Gasteiger partial charge < -0.3 is 14.5 Å². The second-order valence-corrected chi connectivity index (χ2v) is 7.54. The molecule has 0 N–H and O–H groups in total. The lowest BCUT2D eigenvalue weighted by molar-refractivity contribution is 0.0761. The van der Waals surface area contributed by atoms with Crippen molar-refractivity contribution in [2.24, 2.45) is 0 Å². The number of benzene rings is 2. The lowest BCUT2D eigenvalue weighted by atomic mass is 10.1. The Morgan fingerprint density at radius 3 is 2.54 bits per heavy atom. The molecule has 0 atom stereocenters. The molecule has 0 aromatic heterocycles. The van der Waals surface area contributed by atoms with Gasteiger partial charge in [0.1, 0.15) is 5.75 Å². The predicted octanol–water partition coefficient (Wildman–Crippen LogP) is 4.35. The summed E-state index contributed by atoms with van der Waals surface area (Å²) in [6.07, 6.45) is 0.843. The fraction of sp³-hybridized carbons (Fsp3) is 0.364. The molecule has 1 fully saturated rings. The molecule has 0 radical (unpaired) electrons. The Balaban J connectivity index is 1.74. The summed E-state index contributed by atoms with van der Waals surface area (Å²) in [7, 11) is 0. The standard InChI is InChI=1S/C22H24ClN3O2/c1-16(2)28-21-9-6-18(23)14-20(21)22(27)26-11-3-10-25(12-13-26)19-7-4-17(15-24)5-8-19/h4-9,14,16H,3,10-13H2,1-2H3. The fourth-order valence-electron chi connectivity index (χ4n) is 3.32. The van der Waals surface area contributed by atoms with Crippen LogP contribution in [0.2, 0.25) is 5.02 Å². The van der Waals surface area contributed by atoms with Gasteiger partial charge in [-0.05, 0) is 62.7 Å². The number of carbonyl (C=O) groups excluding carboxylic acids is 1. The Morgan fingerprint density at radius 2 is 1.86 bits per heavy atom. The molecule has 28 heavy (non-hydrogen) atoms. The van der Waals surface area contributed by atoms with Crippen LogP contribution in [0, 0.1) is 11.3 Å². The number of nitrogens with zero attached hydrogens (tertiary/aromatic N) is 3. The number of ether oxygens (including phenoxy) is 1. The highest BCUT2D eigenvalue weighted by atomic mass is 35.5. The fourth-order valence-corrected chi connectivity index (χ4v) is 3.49. The first-order chi connectivity index (χ1) is 13.5. The van der Waals surface area contributed by atoms with Crippen molar-refractivity contribution in [3.63, 3.8) is 0 Å². The number of hydrogen-bond donors (Lipinski definition) is 0. The maximum atomic E-state index is 13.2. The van der Waals surface area contributed by atoms with E-state index in [0.29, 0.717) is 35.0 Å². The molecule has 2 aromatic rings. The van der Waals surface area contributed by atoms with Crippen molar-refractivity contribution in [2.45, 2.75) is 26.4 Å². The molecule has 1 heterocycles. The number of halogens is 1. The number of amides is 1. The molecule has 5 nitrogen and oxygen atoms in total. The Morgan fingerprint density at radius 1 is 1.11 bits per heavy atom. The molecular formula is C22H24ClN3O2. The highest BCUT2D eigenvalue weighted by Gasteiger charge is 2.23. The number of rotatable bonds is 4. The van der Waals surface area contributed by atoms with E-state index in [1.54, 1.807) is 18.2 Å². The topological polar surface area (TPSA) is 56.6 Å². The summed E-state index contributed by atoms with van der Waals surface area (Å²) in [5, 5.41) is 9.48. The highest BCUT2D eigenvalue weighted by Crippen LogP contribution is 2.26. The number of hydrogen-bond acceptors (Lipinski definition) is 4. The van der Waals surface area contributed by atoms with E-state index in [-0.39, 0.29) is 12.0 Å². The Bertz CT molecular complexity index is 874. The van der Waals surface area contributed by atoms with E-state index in [9.17, 15) is 4.79 Å². The smallest absolute Gasteiger partial charge is 0.257 e. The van der Waals surface area contributed by atoms with Crippen LogP contribution < -0.4 is 9.64 Å². The lowest BCUT2D eigenvalue weighted by Gasteiger charge is -2.24. The van der Waals surface area contributed by atoms with Crippen LogP contribution in [0.4, 0.5) is 5.69 Å². The number of nitriles is 1. The highest BCUT2D eigenvalue weighted by molar-refractivity contribution is 6.31. The van der Waals surface area contributed by atoms with Gasteiger partial charge in [-0.25, -0.2) is 0 Å². The van der Waals surface area contributed by atoms with Gasteiger partial charge in [0.05, 0.1) is 23.3 Å². The molecule has 6 heteroatoms. The summed E-state index contributed by atoms with van der Waals surface area (Å²) in [6, 6.07) is 14.9. The quantitative estimate of drug-likeness (QED) is 0.769. The first-order valence-corrected chi connectivity index (χ1v) is 9.86. The SMILES string of the molecule is CC(C)Oc1ccc(Cl)cc1C(=O)N1CCCN(c2ccc(C#N)cc2)CC1. The molecule has 0 unspecified atom stereocenters. The van der Waals surface area contributed by atoms with Crippen molar-refractivity contribution < 1.29 is 9.53 Å². The zero-order chi connectivity index (χ0) is 20.1. The molecule has 1 saturated heterocycles. The zero-order valence-electron chi connectivity index (χ0n) is 16.2. The lowest BCUT2D eigenvalue weighted by Crippen LogP contribution is -2.35. The minimum absolute atomic E-state index is 0.0243. The van der Waals surface area contributed by atoms with Crippen molar-refractivity contribution in [3.05, 3.63) is 58.6 Å². The molecule has 0 saturated carbocycles. The molecule has 0 bridgehead atoms. The number of carbonyl (C=O) groups is 1. The first kappa shape index (κ1) is 20.0. The molecule has 2 aromatic carbocycles. The summed E-state index contributed by atoms with van der Waals surface area (Å²) in [6.45, 7) is 6.76. The van der Waals surface area contributed by atoms with Crippen molar-refractivity contribution in [3.8, 4) is 11.8 Å². The van der Waals surface area contributed by atoms with Crippen LogP contribution >= 0.6 is 11.6 Å². The van der Waals surface area contributed by atoms with Crippen LogP contribution in [-0.4, -0.2) is 43.1 Å². The molecule has 3 rings (SSSR count). The zero-order valence-corrected chi connectivity index (χ0v) is 16.9. The van der Waals surface area contributed by atoms with E-state index in [4.69, 9.17) is 21.6 Å². The molecule has 1 amide bonds. The molecule has 146 valence electrons. The monoisotopic (exact) mass is 397 g/mol. The van der Waals surface area contributed by atoms with Crippen molar-refractivity contribution in [1.29, 1.82) is 5.26 Å². The van der Waals surface area contributed by atoms with Crippen LogP contribution in [-0.2, 0) is 0 Å². The van der Waals surface area contributed by atoms with Gasteiger partial charge in [-0.1, -0.05) is 11.6 Å². The van der Waals surface area contributed by atoms with Gasteiger partial charge in [0.25, 0.3) is 5.91 Å².